The van der Waals surface area contributed by atoms with E-state index in [4.69, 9.17) is 13.8 Å². The third-order valence-corrected chi connectivity index (χ3v) is 12.7. The van der Waals surface area contributed by atoms with Gasteiger partial charge in [0.05, 0.1) is 53.0 Å². The highest BCUT2D eigenvalue weighted by atomic mass is 32.3. The number of rotatable bonds is 17. The van der Waals surface area contributed by atoms with Crippen LogP contribution in [0.25, 0.3) is 10.8 Å². The lowest BCUT2D eigenvalue weighted by molar-refractivity contribution is 0.282. The molecule has 5 N–H and O–H groups in total. The summed E-state index contributed by atoms with van der Waals surface area (Å²) in [6, 6.07) is 10.7. The molecule has 0 atom stereocenters. The maximum absolute atomic E-state index is 12.8. The number of fused-ring (bicyclic) bond motifs is 1. The summed E-state index contributed by atoms with van der Waals surface area (Å²) in [4.78, 5) is -1.51. The van der Waals surface area contributed by atoms with Gasteiger partial charge in [-0.25, -0.2) is 25.2 Å². The van der Waals surface area contributed by atoms with Crippen molar-refractivity contribution < 1.29 is 74.0 Å². The lowest BCUT2D eigenvalue weighted by Crippen LogP contribution is -2.16. The molecule has 0 spiro atoms. The maximum Gasteiger partial charge on any atom is 0.397 e. The van der Waals surface area contributed by atoms with Gasteiger partial charge in [-0.3, -0.25) is 13.7 Å². The summed E-state index contributed by atoms with van der Waals surface area (Å²) in [7, 11) is -20.5. The predicted molar refractivity (Wildman–Crippen MR) is 197 cm³/mol. The first-order valence-electron chi connectivity index (χ1n) is 15.2. The minimum Gasteiger partial charge on any atom is -0.506 e. The first-order chi connectivity index (χ1) is 25.9. The smallest absolute Gasteiger partial charge is 0.397 e. The summed E-state index contributed by atoms with van der Waals surface area (Å²) in [6.45, 7) is -0.449. The van der Waals surface area contributed by atoms with E-state index in [0.29, 0.717) is 5.69 Å². The predicted octanol–water partition coefficient (Wildman–Crippen LogP) is 4.17. The van der Waals surface area contributed by atoms with Gasteiger partial charge in [0.2, 0.25) is 0 Å². The number of phenolic OH excluding ortho intramolecular Hbond substituents is 1. The Balaban J connectivity index is 1.76. The van der Waals surface area contributed by atoms with Crippen LogP contribution in [-0.2, 0) is 59.0 Å². The highest BCUT2D eigenvalue weighted by Crippen LogP contribution is 2.47. The molecule has 4 rings (SSSR count). The van der Waals surface area contributed by atoms with Crippen molar-refractivity contribution in [2.24, 2.45) is 20.5 Å². The normalized spacial score (nSPS) is 13.2. The quantitative estimate of drug-likeness (QED) is 0.0733. The molecule has 0 saturated carbocycles. The largest absolute Gasteiger partial charge is 0.506 e. The Morgan fingerprint density at radius 1 is 0.661 bits per heavy atom. The molecule has 56 heavy (non-hydrogen) atoms. The Morgan fingerprint density at radius 2 is 1.23 bits per heavy atom. The summed E-state index contributed by atoms with van der Waals surface area (Å²) in [5.41, 5.74) is -0.466. The van der Waals surface area contributed by atoms with Crippen molar-refractivity contribution in [2.45, 2.75) is 21.6 Å². The molecule has 0 aliphatic carbocycles. The lowest BCUT2D eigenvalue weighted by Gasteiger charge is -2.15. The van der Waals surface area contributed by atoms with Crippen molar-refractivity contribution in [1.82, 2.24) is 0 Å². The standard InChI is InChI=1S/C29H31N5O17S5/c1-17-14-23(24(35)16-25(17)53(38,39)13-11-51-56(46,47)48)32-34-28-26(54(40,41)42)15-21-20(29(28)49-3)8-9-22(30-2)27(21)33-31-18-4-6-19(7-5-18)52(36,37)12-10-50-55(43,44)45/h4-9,14-16,30,35H,10-13H2,1-3H3,(H,40,41,42)(H,43,44,45)(H,46,47,48). The van der Waals surface area contributed by atoms with Gasteiger partial charge in [-0.15, -0.1) is 15.3 Å². The van der Waals surface area contributed by atoms with E-state index < -0.39 is 96.5 Å². The molecule has 0 saturated heterocycles. The molecule has 0 aliphatic rings. The Hall–Kier alpha value is -4.71. The zero-order valence-electron chi connectivity index (χ0n) is 29.0. The van der Waals surface area contributed by atoms with Crippen LogP contribution in [0.4, 0.5) is 28.4 Å². The van der Waals surface area contributed by atoms with Gasteiger partial charge in [0, 0.05) is 23.9 Å². The van der Waals surface area contributed by atoms with Crippen LogP contribution in [0.1, 0.15) is 5.56 Å². The van der Waals surface area contributed by atoms with Crippen molar-refractivity contribution in [3.8, 4) is 11.5 Å². The van der Waals surface area contributed by atoms with E-state index >= 15 is 0 Å². The summed E-state index contributed by atoms with van der Waals surface area (Å²) in [5, 5.41) is 29.9. The van der Waals surface area contributed by atoms with E-state index in [1.54, 1.807) is 0 Å². The molecule has 22 nitrogen and oxygen atoms in total. The molecule has 304 valence electrons. The lowest BCUT2D eigenvalue weighted by atomic mass is 10.0. The number of hydrogen-bond donors (Lipinski definition) is 5. The number of aryl methyl sites for hydroxylation is 1. The van der Waals surface area contributed by atoms with Crippen molar-refractivity contribution in [2.75, 3.05) is 44.2 Å². The van der Waals surface area contributed by atoms with Crippen molar-refractivity contribution in [3.63, 3.8) is 0 Å². The average molecular weight is 882 g/mol. The van der Waals surface area contributed by atoms with Crippen molar-refractivity contribution in [1.29, 1.82) is 0 Å². The van der Waals surface area contributed by atoms with Crippen LogP contribution in [-0.4, -0.2) is 99.7 Å². The number of nitrogens with zero attached hydrogens (tertiary/aromatic N) is 4. The Morgan fingerprint density at radius 3 is 1.77 bits per heavy atom. The third-order valence-electron chi connectivity index (χ3n) is 7.43. The molecule has 27 heteroatoms. The number of hydrogen-bond acceptors (Lipinski definition) is 19. The number of anilines is 1. The summed E-state index contributed by atoms with van der Waals surface area (Å²) >= 11 is 0. The van der Waals surface area contributed by atoms with Gasteiger partial charge in [-0.2, -0.15) is 30.4 Å². The molecule has 0 aromatic heterocycles. The van der Waals surface area contributed by atoms with Crippen LogP contribution in [0.3, 0.4) is 0 Å². The SMILES string of the molecule is CNc1ccc2c(OC)c(N=Nc3cc(C)c(S(=O)(=O)CCOS(=O)(=O)O)cc3O)c(S(=O)(=O)O)cc2c1N=Nc1ccc(S(=O)(=O)CCOS(=O)(=O)O)cc1. The summed E-state index contributed by atoms with van der Waals surface area (Å²) < 4.78 is 160. The summed E-state index contributed by atoms with van der Waals surface area (Å²) in [5.74, 6) is -2.67. The number of methoxy groups -OCH3 is 1. The van der Waals surface area contributed by atoms with Crippen molar-refractivity contribution in [3.05, 3.63) is 60.2 Å². The number of sulfone groups is 2. The van der Waals surface area contributed by atoms with Crippen LogP contribution in [0.2, 0.25) is 0 Å². The second-order valence-corrected chi connectivity index (χ2v) is 18.9. The fourth-order valence-electron chi connectivity index (χ4n) is 4.93. The highest BCUT2D eigenvalue weighted by molar-refractivity contribution is 7.91. The molecule has 0 heterocycles. The van der Waals surface area contributed by atoms with E-state index in [2.05, 4.69) is 34.1 Å². The zero-order valence-corrected chi connectivity index (χ0v) is 33.0. The van der Waals surface area contributed by atoms with E-state index in [-0.39, 0.29) is 44.0 Å². The highest BCUT2D eigenvalue weighted by Gasteiger charge is 2.26. The second kappa shape index (κ2) is 16.8. The Labute approximate surface area is 320 Å². The minimum absolute atomic E-state index is 0.000207. The van der Waals surface area contributed by atoms with E-state index in [1.807, 2.05) is 0 Å². The van der Waals surface area contributed by atoms with E-state index in [1.165, 1.54) is 38.2 Å². The minimum atomic E-state index is -5.12. The zero-order chi connectivity index (χ0) is 41.9. The summed E-state index contributed by atoms with van der Waals surface area (Å²) in [6.07, 6.45) is 0. The molecule has 4 aromatic rings. The topological polar surface area (TPSA) is 341 Å². The fraction of sp³-hybridized carbons (Fsp3) is 0.241. The molecule has 0 fully saturated rings. The van der Waals surface area contributed by atoms with E-state index in [0.717, 1.165) is 37.4 Å². The fourth-order valence-corrected chi connectivity index (χ4v) is 8.83. The van der Waals surface area contributed by atoms with Gasteiger partial charge in [0.15, 0.2) is 25.4 Å². The Bertz CT molecular complexity index is 2790. The van der Waals surface area contributed by atoms with Gasteiger partial charge in [-0.1, -0.05) is 0 Å². The van der Waals surface area contributed by atoms with E-state index in [9.17, 15) is 51.7 Å². The second-order valence-electron chi connectivity index (χ2n) is 11.2. The molecule has 4 aromatic carbocycles. The first kappa shape index (κ1) is 44.0. The van der Waals surface area contributed by atoms with Gasteiger partial charge >= 0.3 is 20.8 Å². The number of benzene rings is 4. The number of nitrogens with one attached hydrogen (secondary N) is 1. The van der Waals surface area contributed by atoms with Crippen LogP contribution >= 0.6 is 0 Å². The van der Waals surface area contributed by atoms with Crippen molar-refractivity contribution >= 4 is 89.8 Å². The molecule has 0 aliphatic heterocycles. The van der Waals surface area contributed by atoms with Crippen LogP contribution < -0.4 is 10.1 Å². The number of phenols is 1. The molecule has 0 amide bonds. The van der Waals surface area contributed by atoms with Gasteiger partial charge in [0.1, 0.15) is 27.7 Å². The third kappa shape index (κ3) is 11.0. The van der Waals surface area contributed by atoms with Gasteiger partial charge in [0.25, 0.3) is 10.1 Å². The Kier molecular flexibility index (Phi) is 13.2. The van der Waals surface area contributed by atoms with Crippen LogP contribution in [0.5, 0.6) is 11.5 Å². The molecule has 0 bridgehead atoms. The molecular weight excluding hydrogens is 851 g/mol. The maximum atomic E-state index is 12.8. The van der Waals surface area contributed by atoms with Crippen LogP contribution in [0, 0.1) is 6.92 Å². The van der Waals surface area contributed by atoms with Crippen LogP contribution in [0.15, 0.2) is 89.7 Å². The molecule has 0 radical (unpaired) electrons. The molecule has 0 unspecified atom stereocenters. The number of azo groups is 2. The monoisotopic (exact) mass is 881 g/mol. The number of ether oxygens (including phenoxy) is 1. The van der Waals surface area contributed by atoms with Gasteiger partial charge in [-0.05, 0) is 61.0 Å². The number of aromatic hydroxyl groups is 1. The average Bonchev–Trinajstić information content (AvgIpc) is 3.08. The van der Waals surface area contributed by atoms with Gasteiger partial charge < -0.3 is 15.2 Å². The molecular formula is C29H31N5O17S5. The first-order valence-corrected chi connectivity index (χ1v) is 22.6.